The lowest BCUT2D eigenvalue weighted by atomic mass is 10.2. The maximum atomic E-state index is 14.6. The number of nitrogens with two attached hydrogens (primary N) is 1. The Kier molecular flexibility index (Phi) is 6.83. The Morgan fingerprint density at radius 3 is 2.68 bits per heavy atom. The fourth-order valence-electron chi connectivity index (χ4n) is 4.84. The first-order valence-corrected chi connectivity index (χ1v) is 13.6. The molecule has 5 aromatic rings. The van der Waals surface area contributed by atoms with E-state index < -0.39 is 23.7 Å². The van der Waals surface area contributed by atoms with Crippen molar-refractivity contribution in [1.29, 1.82) is 0 Å². The summed E-state index contributed by atoms with van der Waals surface area (Å²) in [5, 5.41) is 13.5. The summed E-state index contributed by atoms with van der Waals surface area (Å²) >= 11 is 1.07. The molecule has 4 aromatic heterocycles. The van der Waals surface area contributed by atoms with Crippen LogP contribution in [0.1, 0.15) is 6.92 Å². The van der Waals surface area contributed by atoms with Gasteiger partial charge in [0.05, 0.1) is 17.5 Å². The molecule has 0 bridgehead atoms. The Bertz CT molecular complexity index is 1810. The van der Waals surface area contributed by atoms with Crippen LogP contribution in [-0.2, 0) is 11.3 Å². The number of anilines is 2. The number of nitrogen functional groups attached to an aromatic ring is 1. The predicted molar refractivity (Wildman–Crippen MR) is 147 cm³/mol. The van der Waals surface area contributed by atoms with Gasteiger partial charge in [0.25, 0.3) is 0 Å². The van der Waals surface area contributed by atoms with Gasteiger partial charge in [0.15, 0.2) is 29.1 Å². The van der Waals surface area contributed by atoms with Crippen molar-refractivity contribution < 1.29 is 27.8 Å². The van der Waals surface area contributed by atoms with Gasteiger partial charge in [-0.25, -0.2) is 13.6 Å². The van der Waals surface area contributed by atoms with Crippen molar-refractivity contribution in [3.63, 3.8) is 0 Å². The van der Waals surface area contributed by atoms with E-state index in [4.69, 9.17) is 20.0 Å². The molecule has 3 N–H and O–H groups in total. The summed E-state index contributed by atoms with van der Waals surface area (Å²) in [4.78, 5) is 32.2. The van der Waals surface area contributed by atoms with Gasteiger partial charge >= 0.3 is 10.8 Å². The second-order valence-corrected chi connectivity index (χ2v) is 10.6. The van der Waals surface area contributed by atoms with E-state index in [-0.39, 0.29) is 22.3 Å². The van der Waals surface area contributed by atoms with Crippen LogP contribution >= 0.6 is 11.3 Å². The van der Waals surface area contributed by atoms with Gasteiger partial charge in [-0.1, -0.05) is 11.3 Å². The number of benzene rings is 1. The highest BCUT2D eigenvalue weighted by atomic mass is 32.1. The quantitative estimate of drug-likeness (QED) is 0.279. The van der Waals surface area contributed by atoms with Gasteiger partial charge in [-0.15, -0.1) is 0 Å². The van der Waals surface area contributed by atoms with E-state index in [1.54, 1.807) is 27.9 Å². The molecule has 0 saturated carbocycles. The number of nitrogens with zero attached hydrogens (tertiary/aromatic N) is 6. The lowest BCUT2D eigenvalue weighted by molar-refractivity contribution is -0.144. The zero-order valence-corrected chi connectivity index (χ0v) is 22.6. The Labute approximate surface area is 234 Å². The Balaban J connectivity index is 1.16. The molecular formula is C26H25F2N7O5S. The molecule has 0 unspecified atom stereocenters. The number of carbonyl (C=O) groups is 1. The topological polar surface area (TPSA) is 144 Å². The molecule has 41 heavy (non-hydrogen) atoms. The molecule has 1 saturated heterocycles. The van der Waals surface area contributed by atoms with Crippen LogP contribution < -0.4 is 20.2 Å². The third kappa shape index (κ3) is 4.97. The number of furan rings is 1. The second kappa shape index (κ2) is 10.5. The summed E-state index contributed by atoms with van der Waals surface area (Å²) < 4.78 is 43.2. The van der Waals surface area contributed by atoms with Crippen LogP contribution in [-0.4, -0.2) is 74.0 Å². The third-order valence-electron chi connectivity index (χ3n) is 7.03. The Morgan fingerprint density at radius 2 is 1.98 bits per heavy atom. The number of fused-ring (bicyclic) bond motifs is 3. The minimum Gasteiger partial charge on any atom is -0.479 e. The molecule has 0 aliphatic carbocycles. The number of piperazine rings is 1. The van der Waals surface area contributed by atoms with E-state index >= 15 is 0 Å². The van der Waals surface area contributed by atoms with E-state index in [1.807, 2.05) is 6.07 Å². The molecule has 1 fully saturated rings. The number of carboxylic acids is 1. The Morgan fingerprint density at radius 1 is 1.20 bits per heavy atom. The second-order valence-electron chi connectivity index (χ2n) is 9.61. The van der Waals surface area contributed by atoms with Crippen LogP contribution in [0.2, 0.25) is 0 Å². The first-order chi connectivity index (χ1) is 19.7. The molecule has 6 rings (SSSR count). The van der Waals surface area contributed by atoms with Gasteiger partial charge < -0.3 is 24.9 Å². The van der Waals surface area contributed by atoms with Crippen LogP contribution in [0.15, 0.2) is 45.8 Å². The number of hydrogen-bond donors (Lipinski definition) is 2. The lowest BCUT2D eigenvalue weighted by Gasteiger charge is -2.36. The zero-order chi connectivity index (χ0) is 28.8. The fraction of sp³-hybridized carbons (Fsp3) is 0.308. The number of aliphatic carboxylic acids is 1. The van der Waals surface area contributed by atoms with Gasteiger partial charge in [0, 0.05) is 51.4 Å². The SMILES string of the molecule is C[C@H](Oc1cc(N2CCN(CCn3c(=O)sc4c3nc(N)n3nc(-c5ccco5)cc43)CC2)c(F)cc1F)C(=O)O. The number of aromatic nitrogens is 4. The van der Waals surface area contributed by atoms with Gasteiger partial charge in [0.2, 0.25) is 5.95 Å². The lowest BCUT2D eigenvalue weighted by Crippen LogP contribution is -2.47. The normalized spacial score (nSPS) is 15.1. The predicted octanol–water partition coefficient (Wildman–Crippen LogP) is 2.90. The van der Waals surface area contributed by atoms with Crippen LogP contribution in [0.4, 0.5) is 20.4 Å². The molecule has 1 aromatic carbocycles. The minimum atomic E-state index is -1.29. The fourth-order valence-corrected chi connectivity index (χ4v) is 5.80. The van der Waals surface area contributed by atoms with Crippen molar-refractivity contribution >= 4 is 44.8 Å². The average Bonchev–Trinajstić information content (AvgIpc) is 3.69. The minimum absolute atomic E-state index is 0.136. The summed E-state index contributed by atoms with van der Waals surface area (Å²) in [6.45, 7) is 4.18. The summed E-state index contributed by atoms with van der Waals surface area (Å²) in [6, 6.07) is 7.25. The molecule has 0 spiro atoms. The molecule has 0 radical (unpaired) electrons. The number of hydrogen-bond acceptors (Lipinski definition) is 10. The van der Waals surface area contributed by atoms with Gasteiger partial charge in [-0.05, 0) is 25.1 Å². The summed E-state index contributed by atoms with van der Waals surface area (Å²) in [7, 11) is 0. The van der Waals surface area contributed by atoms with Gasteiger partial charge in [-0.2, -0.15) is 14.6 Å². The highest BCUT2D eigenvalue weighted by molar-refractivity contribution is 7.17. The zero-order valence-electron chi connectivity index (χ0n) is 21.8. The van der Waals surface area contributed by atoms with E-state index in [0.717, 1.165) is 11.3 Å². The van der Waals surface area contributed by atoms with Crippen molar-refractivity contribution in [2.75, 3.05) is 43.4 Å². The molecule has 12 nitrogen and oxygen atoms in total. The number of thiazole rings is 1. The smallest absolute Gasteiger partial charge is 0.344 e. The maximum absolute atomic E-state index is 14.6. The number of ether oxygens (including phenoxy) is 1. The summed E-state index contributed by atoms with van der Waals surface area (Å²) in [6.07, 6.45) is 0.264. The van der Waals surface area contributed by atoms with Crippen molar-refractivity contribution in [3.8, 4) is 17.2 Å². The van der Waals surface area contributed by atoms with Crippen LogP contribution in [0, 0.1) is 11.6 Å². The van der Waals surface area contributed by atoms with Gasteiger partial charge in [0.1, 0.15) is 16.2 Å². The van der Waals surface area contributed by atoms with Gasteiger partial charge in [-0.3, -0.25) is 14.3 Å². The monoisotopic (exact) mass is 585 g/mol. The summed E-state index contributed by atoms with van der Waals surface area (Å²) in [5.74, 6) is -2.58. The number of halogens is 2. The molecule has 1 aliphatic heterocycles. The standard InChI is InChI=1S/C26H25F2N7O5S/c1-14(24(36)37)40-21-13-18(15(27)11-16(21)28)33-7-4-32(5-8-33)6-9-34-23-22(41-26(34)38)19-12-17(20-3-2-10-39-20)31-35(19)25(29)30-23/h2-3,10-14H,4-9H2,1H3,(H2,29,30)(H,36,37)/t14-/m0/s1. The first-order valence-electron chi connectivity index (χ1n) is 12.8. The Hall–Kier alpha value is -4.50. The molecule has 0 amide bonds. The average molecular weight is 586 g/mol. The van der Waals surface area contributed by atoms with Crippen molar-refractivity contribution in [2.24, 2.45) is 0 Å². The van der Waals surface area contributed by atoms with Crippen LogP contribution in [0.25, 0.3) is 27.3 Å². The van der Waals surface area contributed by atoms with E-state index in [9.17, 15) is 18.4 Å². The molecule has 15 heteroatoms. The highest BCUT2D eigenvalue weighted by Gasteiger charge is 2.24. The molecule has 1 atom stereocenters. The van der Waals surface area contributed by atoms with Crippen LogP contribution in [0.3, 0.4) is 0 Å². The van der Waals surface area contributed by atoms with E-state index in [0.29, 0.717) is 72.7 Å². The maximum Gasteiger partial charge on any atom is 0.344 e. The third-order valence-corrected chi connectivity index (χ3v) is 8.02. The van der Waals surface area contributed by atoms with Crippen molar-refractivity contribution in [1.82, 2.24) is 24.1 Å². The molecule has 214 valence electrons. The first kappa shape index (κ1) is 26.7. The molecule has 1 aliphatic rings. The largest absolute Gasteiger partial charge is 0.479 e. The van der Waals surface area contributed by atoms with E-state index in [2.05, 4.69) is 15.0 Å². The van der Waals surface area contributed by atoms with Crippen molar-refractivity contribution in [2.45, 2.75) is 19.6 Å². The number of carboxylic acid groups (broad SMARTS) is 1. The molecular weight excluding hydrogens is 560 g/mol. The van der Waals surface area contributed by atoms with E-state index in [1.165, 1.54) is 17.5 Å². The highest BCUT2D eigenvalue weighted by Crippen LogP contribution is 2.30. The molecule has 5 heterocycles. The summed E-state index contributed by atoms with van der Waals surface area (Å²) in [5.41, 5.74) is 8.04. The van der Waals surface area contributed by atoms with Crippen LogP contribution in [0.5, 0.6) is 5.75 Å². The van der Waals surface area contributed by atoms with Crippen molar-refractivity contribution in [3.05, 3.63) is 57.9 Å². The number of rotatable bonds is 8.